The number of carboxylic acid groups (broad SMARTS) is 1. The SMILES string of the molecule is C[C@H](NC(=O)c1cc(-c2ccccc2)cc2nnn(Cc3ccc4ccccc4c3)c12)c1ccc(C(=O)O)cc1. The predicted molar refractivity (Wildman–Crippen MR) is 155 cm³/mol. The number of carbonyl (C=O) groups excluding carboxylic acids is 1. The van der Waals surface area contributed by atoms with Gasteiger partial charge >= 0.3 is 5.97 Å². The van der Waals surface area contributed by atoms with Crippen LogP contribution in [0.1, 0.15) is 44.8 Å². The van der Waals surface area contributed by atoms with Crippen LogP contribution in [-0.2, 0) is 6.54 Å². The maximum Gasteiger partial charge on any atom is 0.335 e. The molecule has 6 rings (SSSR count). The van der Waals surface area contributed by atoms with Crippen LogP contribution in [0.2, 0.25) is 0 Å². The number of aromatic nitrogens is 3. The number of nitrogens with one attached hydrogen (secondary N) is 1. The first-order chi connectivity index (χ1) is 19.5. The van der Waals surface area contributed by atoms with Gasteiger partial charge in [-0.05, 0) is 70.3 Å². The summed E-state index contributed by atoms with van der Waals surface area (Å²) >= 11 is 0. The number of carboxylic acids is 1. The number of amides is 1. The van der Waals surface area contributed by atoms with Gasteiger partial charge in [0.1, 0.15) is 11.0 Å². The van der Waals surface area contributed by atoms with E-state index in [0.29, 0.717) is 23.1 Å². The van der Waals surface area contributed by atoms with Crippen molar-refractivity contribution in [3.8, 4) is 11.1 Å². The second kappa shape index (κ2) is 10.5. The molecule has 0 aliphatic heterocycles. The zero-order valence-electron chi connectivity index (χ0n) is 21.8. The molecule has 7 nitrogen and oxygen atoms in total. The Bertz CT molecular complexity index is 1860. The summed E-state index contributed by atoms with van der Waals surface area (Å²) in [7, 11) is 0. The number of rotatable bonds is 7. The van der Waals surface area contributed by atoms with E-state index in [9.17, 15) is 14.7 Å². The van der Waals surface area contributed by atoms with Crippen molar-refractivity contribution in [3.63, 3.8) is 0 Å². The Balaban J connectivity index is 1.39. The minimum atomic E-state index is -0.990. The van der Waals surface area contributed by atoms with Crippen LogP contribution in [0.5, 0.6) is 0 Å². The van der Waals surface area contributed by atoms with E-state index in [-0.39, 0.29) is 17.5 Å². The summed E-state index contributed by atoms with van der Waals surface area (Å²) in [5.41, 5.74) is 5.64. The van der Waals surface area contributed by atoms with E-state index < -0.39 is 5.97 Å². The van der Waals surface area contributed by atoms with E-state index in [0.717, 1.165) is 33.0 Å². The third-order valence-corrected chi connectivity index (χ3v) is 7.11. The fraction of sp³-hybridized carbons (Fsp3) is 0.0909. The monoisotopic (exact) mass is 526 g/mol. The smallest absolute Gasteiger partial charge is 0.335 e. The van der Waals surface area contributed by atoms with Gasteiger partial charge in [0.25, 0.3) is 5.91 Å². The Labute approximate surface area is 230 Å². The molecular weight excluding hydrogens is 500 g/mol. The zero-order chi connectivity index (χ0) is 27.6. The van der Waals surface area contributed by atoms with Crippen LogP contribution in [0.3, 0.4) is 0 Å². The quantitative estimate of drug-likeness (QED) is 0.248. The molecular formula is C33H26N4O3. The maximum absolute atomic E-state index is 13.8. The van der Waals surface area contributed by atoms with Crippen LogP contribution >= 0.6 is 0 Å². The van der Waals surface area contributed by atoms with Crippen molar-refractivity contribution in [1.29, 1.82) is 0 Å². The molecule has 1 amide bonds. The predicted octanol–water partition coefficient (Wildman–Crippen LogP) is 6.49. The topological polar surface area (TPSA) is 97.1 Å². The average Bonchev–Trinajstić information content (AvgIpc) is 3.39. The molecule has 2 N–H and O–H groups in total. The molecule has 1 aromatic heterocycles. The van der Waals surface area contributed by atoms with Gasteiger partial charge in [-0.3, -0.25) is 4.79 Å². The van der Waals surface area contributed by atoms with Crippen LogP contribution in [0.25, 0.3) is 32.9 Å². The van der Waals surface area contributed by atoms with Crippen LogP contribution in [-0.4, -0.2) is 32.0 Å². The van der Waals surface area contributed by atoms with Gasteiger partial charge in [0.15, 0.2) is 0 Å². The van der Waals surface area contributed by atoms with Crippen LogP contribution < -0.4 is 5.32 Å². The number of fused-ring (bicyclic) bond motifs is 2. The van der Waals surface area contributed by atoms with Crippen molar-refractivity contribution in [3.05, 3.63) is 131 Å². The minimum Gasteiger partial charge on any atom is -0.478 e. The first-order valence-electron chi connectivity index (χ1n) is 13.0. The van der Waals surface area contributed by atoms with Crippen molar-refractivity contribution in [2.75, 3.05) is 0 Å². The summed E-state index contributed by atoms with van der Waals surface area (Å²) in [6.45, 7) is 2.33. The lowest BCUT2D eigenvalue weighted by Crippen LogP contribution is -2.27. The molecule has 1 atom stereocenters. The summed E-state index contributed by atoms with van der Waals surface area (Å²) < 4.78 is 1.77. The highest BCUT2D eigenvalue weighted by Crippen LogP contribution is 2.28. The average molecular weight is 527 g/mol. The zero-order valence-corrected chi connectivity index (χ0v) is 21.8. The molecule has 0 saturated carbocycles. The molecule has 0 saturated heterocycles. The van der Waals surface area contributed by atoms with Gasteiger partial charge in [0, 0.05) is 0 Å². The normalized spacial score (nSPS) is 11.9. The Morgan fingerprint density at radius 2 is 1.55 bits per heavy atom. The lowest BCUT2D eigenvalue weighted by Gasteiger charge is -2.16. The Hall–Kier alpha value is -5.30. The van der Waals surface area contributed by atoms with E-state index >= 15 is 0 Å². The highest BCUT2D eigenvalue weighted by atomic mass is 16.4. The van der Waals surface area contributed by atoms with Gasteiger partial charge in [-0.2, -0.15) is 0 Å². The number of carbonyl (C=O) groups is 2. The molecule has 0 aliphatic carbocycles. The molecule has 1 heterocycles. The van der Waals surface area contributed by atoms with Crippen LogP contribution in [0.4, 0.5) is 0 Å². The van der Waals surface area contributed by atoms with Crippen molar-refractivity contribution < 1.29 is 14.7 Å². The molecule has 0 spiro atoms. The van der Waals surface area contributed by atoms with Gasteiger partial charge in [-0.1, -0.05) is 84.1 Å². The van der Waals surface area contributed by atoms with Crippen LogP contribution in [0.15, 0.2) is 109 Å². The van der Waals surface area contributed by atoms with Gasteiger partial charge in [0.2, 0.25) is 0 Å². The highest BCUT2D eigenvalue weighted by Gasteiger charge is 2.20. The number of hydrogen-bond acceptors (Lipinski definition) is 4. The number of hydrogen-bond donors (Lipinski definition) is 2. The van der Waals surface area contributed by atoms with E-state index in [1.807, 2.05) is 61.5 Å². The Morgan fingerprint density at radius 3 is 2.30 bits per heavy atom. The summed E-state index contributed by atoms with van der Waals surface area (Å²) in [5, 5.41) is 23.5. The van der Waals surface area contributed by atoms with Crippen molar-refractivity contribution in [1.82, 2.24) is 20.3 Å². The maximum atomic E-state index is 13.8. The van der Waals surface area contributed by atoms with E-state index in [1.54, 1.807) is 16.8 Å². The first-order valence-corrected chi connectivity index (χ1v) is 13.0. The van der Waals surface area contributed by atoms with Gasteiger partial charge < -0.3 is 10.4 Å². The lowest BCUT2D eigenvalue weighted by atomic mass is 10.00. The second-order valence-electron chi connectivity index (χ2n) is 9.81. The third-order valence-electron chi connectivity index (χ3n) is 7.11. The molecule has 196 valence electrons. The summed E-state index contributed by atoms with van der Waals surface area (Å²) in [5.74, 6) is -1.25. The van der Waals surface area contributed by atoms with E-state index in [4.69, 9.17) is 0 Å². The largest absolute Gasteiger partial charge is 0.478 e. The van der Waals surface area contributed by atoms with Crippen LogP contribution in [0, 0.1) is 0 Å². The lowest BCUT2D eigenvalue weighted by molar-refractivity contribution is 0.0696. The van der Waals surface area contributed by atoms with Gasteiger partial charge in [-0.15, -0.1) is 5.10 Å². The fourth-order valence-corrected chi connectivity index (χ4v) is 4.98. The summed E-state index contributed by atoms with van der Waals surface area (Å²) in [4.78, 5) is 25.0. The van der Waals surface area contributed by atoms with Crippen molar-refractivity contribution in [2.45, 2.75) is 19.5 Å². The molecule has 40 heavy (non-hydrogen) atoms. The van der Waals surface area contributed by atoms with Crippen molar-refractivity contribution in [2.24, 2.45) is 0 Å². The van der Waals surface area contributed by atoms with E-state index in [1.165, 1.54) is 12.1 Å². The summed E-state index contributed by atoms with van der Waals surface area (Å²) in [6.07, 6.45) is 0. The summed E-state index contributed by atoms with van der Waals surface area (Å²) in [6, 6.07) is 34.3. The first kappa shape index (κ1) is 25.0. The second-order valence-corrected chi connectivity index (χ2v) is 9.81. The minimum absolute atomic E-state index is 0.197. The third kappa shape index (κ3) is 4.92. The standard InChI is InChI=1S/C33H26N4O3/c1-21(23-13-15-26(16-14-23)33(39)40)34-32(38)29-18-28(24-7-3-2-4-8-24)19-30-31(29)37(36-35-30)20-22-11-12-25-9-5-6-10-27(25)17-22/h2-19,21H,20H2,1H3,(H,34,38)(H,39,40)/t21-/m0/s1. The molecule has 0 aliphatic rings. The fourth-order valence-electron chi connectivity index (χ4n) is 4.98. The molecule has 0 fully saturated rings. The molecule has 0 radical (unpaired) electrons. The van der Waals surface area contributed by atoms with E-state index in [2.05, 4.69) is 46.0 Å². The molecule has 0 unspecified atom stereocenters. The number of benzene rings is 5. The van der Waals surface area contributed by atoms with Gasteiger partial charge in [0.05, 0.1) is 23.7 Å². The van der Waals surface area contributed by atoms with Gasteiger partial charge in [-0.25, -0.2) is 9.48 Å². The number of aromatic carboxylic acids is 1. The molecule has 6 aromatic rings. The molecule has 0 bridgehead atoms. The highest BCUT2D eigenvalue weighted by molar-refractivity contribution is 6.06. The Morgan fingerprint density at radius 1 is 0.825 bits per heavy atom. The Kier molecular flexibility index (Phi) is 6.54. The van der Waals surface area contributed by atoms with Crippen molar-refractivity contribution >= 4 is 33.7 Å². The number of nitrogens with zero attached hydrogens (tertiary/aromatic N) is 3. The molecule has 5 aromatic carbocycles. The molecule has 7 heteroatoms.